The molecule has 9 heteroatoms. The van der Waals surface area contributed by atoms with Gasteiger partial charge >= 0.3 is 12.1 Å². The molecular weight excluding hydrogens is 421 g/mol. The second-order valence-electron chi connectivity index (χ2n) is 6.20. The number of rotatable bonds is 11. The number of benzene rings is 1. The summed E-state index contributed by atoms with van der Waals surface area (Å²) in [6.07, 6.45) is -1.79. The van der Waals surface area contributed by atoms with Crippen LogP contribution in [0, 0.1) is 0 Å². The molecule has 5 nitrogen and oxygen atoms in total. The molecule has 1 atom stereocenters. The molecule has 1 aromatic carbocycles. The maximum Gasteiger partial charge on any atom is 0.490 e. The van der Waals surface area contributed by atoms with Gasteiger partial charge in [0.1, 0.15) is 11.5 Å². The third-order valence-electron chi connectivity index (χ3n) is 4.01. The number of carbonyl (C=O) groups excluding carboxylic acids is 1. The summed E-state index contributed by atoms with van der Waals surface area (Å²) in [7, 11) is 2.80. The smallest absolute Gasteiger partial charge is 0.490 e. The van der Waals surface area contributed by atoms with Gasteiger partial charge in [-0.2, -0.15) is 13.2 Å². The van der Waals surface area contributed by atoms with Crippen LogP contribution in [0.4, 0.5) is 13.2 Å². The molecule has 0 aliphatic carbocycles. The zero-order chi connectivity index (χ0) is 22.0. The molecule has 0 radical (unpaired) electrons. The number of thioether (sulfide) groups is 1. The van der Waals surface area contributed by atoms with Crippen LogP contribution in [0.5, 0.6) is 0 Å². The topological polar surface area (TPSA) is 57.9 Å². The van der Waals surface area contributed by atoms with Crippen LogP contribution >= 0.6 is 11.8 Å². The molecule has 1 heterocycles. The number of hydrogen-bond acceptors (Lipinski definition) is 6. The van der Waals surface area contributed by atoms with E-state index in [-0.39, 0.29) is 12.4 Å². The van der Waals surface area contributed by atoms with Gasteiger partial charge in [0.2, 0.25) is 5.44 Å². The van der Waals surface area contributed by atoms with Crippen LogP contribution in [-0.4, -0.2) is 38.4 Å². The Balaban J connectivity index is 2.27. The Morgan fingerprint density at radius 2 is 1.87 bits per heavy atom. The van der Waals surface area contributed by atoms with Crippen LogP contribution in [0.1, 0.15) is 18.6 Å². The summed E-state index contributed by atoms with van der Waals surface area (Å²) < 4.78 is 59.3. The van der Waals surface area contributed by atoms with Gasteiger partial charge in [-0.1, -0.05) is 30.0 Å². The first-order valence-electron chi connectivity index (χ1n) is 9.12. The summed E-state index contributed by atoms with van der Waals surface area (Å²) in [5.74, 6) is -1.36. The molecule has 1 unspecified atom stereocenters. The summed E-state index contributed by atoms with van der Waals surface area (Å²) >= 11 is 0.951. The first kappa shape index (κ1) is 23.9. The number of carbonyl (C=O) groups is 1. The molecule has 164 valence electrons. The maximum atomic E-state index is 12.8. The zero-order valence-corrected chi connectivity index (χ0v) is 17.4. The van der Waals surface area contributed by atoms with Gasteiger partial charge in [0.15, 0.2) is 0 Å². The van der Waals surface area contributed by atoms with E-state index in [1.165, 1.54) is 14.2 Å². The fourth-order valence-electron chi connectivity index (χ4n) is 2.70. The van der Waals surface area contributed by atoms with Gasteiger partial charge in [0.05, 0.1) is 20.0 Å². The van der Waals surface area contributed by atoms with Crippen LogP contribution in [0.15, 0.2) is 69.4 Å². The number of alkyl halides is 3. The molecule has 0 N–H and O–H groups in total. The van der Waals surface area contributed by atoms with Crippen LogP contribution in [-0.2, 0) is 25.4 Å². The summed E-state index contributed by atoms with van der Waals surface area (Å²) in [4.78, 5) is 12.2. The Kier molecular flexibility index (Phi) is 9.32. The van der Waals surface area contributed by atoms with Crippen molar-refractivity contribution in [3.63, 3.8) is 0 Å². The highest BCUT2D eigenvalue weighted by molar-refractivity contribution is 8.00. The van der Waals surface area contributed by atoms with Gasteiger partial charge in [0, 0.05) is 18.4 Å². The van der Waals surface area contributed by atoms with Crippen molar-refractivity contribution < 1.29 is 36.6 Å². The highest BCUT2D eigenvalue weighted by Crippen LogP contribution is 2.34. The second-order valence-corrected chi connectivity index (χ2v) is 7.34. The van der Waals surface area contributed by atoms with Crippen molar-refractivity contribution in [2.75, 3.05) is 20.8 Å². The van der Waals surface area contributed by atoms with Crippen LogP contribution in [0.2, 0.25) is 0 Å². The van der Waals surface area contributed by atoms with E-state index in [4.69, 9.17) is 18.6 Å². The first-order chi connectivity index (χ1) is 14.3. The van der Waals surface area contributed by atoms with Crippen molar-refractivity contribution >= 4 is 17.7 Å². The van der Waals surface area contributed by atoms with Crippen LogP contribution < -0.4 is 0 Å². The number of aryl methyl sites for hydroxylation is 1. The summed E-state index contributed by atoms with van der Waals surface area (Å²) in [6, 6.07) is 12.3. The maximum absolute atomic E-state index is 12.8. The Morgan fingerprint density at radius 3 is 2.43 bits per heavy atom. The van der Waals surface area contributed by atoms with Gasteiger partial charge in [-0.3, -0.25) is 0 Å². The minimum absolute atomic E-state index is 0.122. The van der Waals surface area contributed by atoms with Crippen LogP contribution in [0.25, 0.3) is 0 Å². The van der Waals surface area contributed by atoms with Gasteiger partial charge in [-0.05, 0) is 42.7 Å². The molecule has 0 amide bonds. The Hall–Kier alpha value is -2.39. The molecule has 2 rings (SSSR count). The SMILES string of the molecule is COC/C(CCCc1ccco1)=C(/OC)C(OC(=O)C(F)(F)F)Sc1ccccc1. The molecule has 0 saturated carbocycles. The summed E-state index contributed by atoms with van der Waals surface area (Å²) in [5.41, 5.74) is -0.713. The number of halogens is 3. The lowest BCUT2D eigenvalue weighted by Crippen LogP contribution is -2.30. The molecule has 0 aliphatic heterocycles. The van der Waals surface area contributed by atoms with E-state index in [9.17, 15) is 18.0 Å². The van der Waals surface area contributed by atoms with E-state index in [2.05, 4.69) is 0 Å². The zero-order valence-electron chi connectivity index (χ0n) is 16.6. The van der Waals surface area contributed by atoms with E-state index in [1.807, 2.05) is 6.07 Å². The molecule has 0 spiro atoms. The molecule has 30 heavy (non-hydrogen) atoms. The van der Waals surface area contributed by atoms with Crippen molar-refractivity contribution in [3.05, 3.63) is 65.8 Å². The van der Waals surface area contributed by atoms with Crippen molar-refractivity contribution in [1.82, 2.24) is 0 Å². The normalized spacial score (nSPS) is 13.5. The van der Waals surface area contributed by atoms with Crippen molar-refractivity contribution in [2.24, 2.45) is 0 Å². The van der Waals surface area contributed by atoms with Crippen molar-refractivity contribution in [1.29, 1.82) is 0 Å². The number of esters is 1. The minimum Gasteiger partial charge on any atom is -0.496 e. The fourth-order valence-corrected chi connectivity index (χ4v) is 3.76. The number of ether oxygens (including phenoxy) is 3. The number of furan rings is 1. The number of methoxy groups -OCH3 is 2. The average molecular weight is 444 g/mol. The highest BCUT2D eigenvalue weighted by Gasteiger charge is 2.43. The monoisotopic (exact) mass is 444 g/mol. The predicted octanol–water partition coefficient (Wildman–Crippen LogP) is 5.37. The van der Waals surface area contributed by atoms with Gasteiger partial charge < -0.3 is 18.6 Å². The molecule has 0 saturated heterocycles. The third kappa shape index (κ3) is 7.46. The van der Waals surface area contributed by atoms with E-state index in [1.54, 1.807) is 42.7 Å². The van der Waals surface area contributed by atoms with Crippen molar-refractivity contribution in [2.45, 2.75) is 35.8 Å². The molecule has 1 aromatic heterocycles. The Bertz CT molecular complexity index is 804. The second kappa shape index (κ2) is 11.7. The van der Waals surface area contributed by atoms with Gasteiger partial charge in [0.25, 0.3) is 0 Å². The van der Waals surface area contributed by atoms with Gasteiger partial charge in [-0.25, -0.2) is 4.79 Å². The van der Waals surface area contributed by atoms with E-state index in [0.29, 0.717) is 29.7 Å². The highest BCUT2D eigenvalue weighted by atomic mass is 32.2. The lowest BCUT2D eigenvalue weighted by atomic mass is 10.1. The largest absolute Gasteiger partial charge is 0.496 e. The molecule has 0 aliphatic rings. The predicted molar refractivity (Wildman–Crippen MR) is 106 cm³/mol. The Labute approximate surface area is 177 Å². The number of hydrogen-bond donors (Lipinski definition) is 0. The molecule has 0 bridgehead atoms. The van der Waals surface area contributed by atoms with Gasteiger partial charge in [-0.15, -0.1) is 0 Å². The quantitative estimate of drug-likeness (QED) is 0.201. The lowest BCUT2D eigenvalue weighted by molar-refractivity contribution is -0.200. The minimum atomic E-state index is -5.12. The molecular formula is C21H23F3O5S. The third-order valence-corrected chi connectivity index (χ3v) is 5.08. The standard InChI is InChI=1S/C21H23F3O5S/c1-26-14-15(8-6-9-16-10-7-13-28-16)18(27-2)19(29-20(25)21(22,23)24)30-17-11-4-3-5-12-17/h3-5,7,10-13,19H,6,8-9,14H2,1-2H3/b18-15+. The first-order valence-corrected chi connectivity index (χ1v) is 9.99. The molecule has 2 aromatic rings. The summed E-state index contributed by atoms with van der Waals surface area (Å²) in [5, 5.41) is 0. The van der Waals surface area contributed by atoms with Crippen LogP contribution in [0.3, 0.4) is 0 Å². The Morgan fingerprint density at radius 1 is 1.13 bits per heavy atom. The van der Waals surface area contributed by atoms with E-state index >= 15 is 0 Å². The van der Waals surface area contributed by atoms with E-state index in [0.717, 1.165) is 17.5 Å². The average Bonchev–Trinajstić information content (AvgIpc) is 3.22. The van der Waals surface area contributed by atoms with E-state index < -0.39 is 17.6 Å². The lowest BCUT2D eigenvalue weighted by Gasteiger charge is -2.23. The fraction of sp³-hybridized carbons (Fsp3) is 0.381. The molecule has 0 fully saturated rings. The summed E-state index contributed by atoms with van der Waals surface area (Å²) in [6.45, 7) is 0.122. The van der Waals surface area contributed by atoms with Crippen molar-refractivity contribution in [3.8, 4) is 0 Å².